The van der Waals surface area contributed by atoms with Gasteiger partial charge in [0.25, 0.3) is 0 Å². The summed E-state index contributed by atoms with van der Waals surface area (Å²) < 4.78 is 0. The summed E-state index contributed by atoms with van der Waals surface area (Å²) in [5.41, 5.74) is 21.5. The average molecular weight is 1300 g/mol. The van der Waals surface area contributed by atoms with Gasteiger partial charge in [-0.2, -0.15) is 0 Å². The third-order valence-corrected chi connectivity index (χ3v) is 11.6. The summed E-state index contributed by atoms with van der Waals surface area (Å²) in [5, 5.41) is 20.7. The quantitative estimate of drug-likeness (QED) is 0.0168. The predicted molar refractivity (Wildman–Crippen MR) is 359 cm³/mol. The van der Waals surface area contributed by atoms with Crippen LogP contribution in [-0.4, -0.2) is 252 Å². The number of allylic oxidation sites excluding steroid dienone is 1. The highest BCUT2D eigenvalue weighted by Gasteiger charge is 2.15. The molecule has 30 heteroatoms. The van der Waals surface area contributed by atoms with Gasteiger partial charge in [0.05, 0.1) is 0 Å². The molecule has 0 heterocycles. The van der Waals surface area contributed by atoms with Crippen LogP contribution in [0.1, 0.15) is 32.1 Å². The van der Waals surface area contributed by atoms with Gasteiger partial charge < -0.3 is 85.1 Å². The summed E-state index contributed by atoms with van der Waals surface area (Å²) in [7, 11) is 0. The van der Waals surface area contributed by atoms with Crippen molar-refractivity contribution in [2.75, 3.05) is 157 Å². The molecule has 16 N–H and O–H groups in total. The molecule has 0 radical (unpaired) electrons. The van der Waals surface area contributed by atoms with Crippen molar-refractivity contribution < 1.29 is 57.5 Å². The molecule has 0 rings (SSSR count). The largest absolute Gasteiger partial charge is 0.354 e. The molecule has 0 saturated carbocycles. The second-order valence-corrected chi connectivity index (χ2v) is 18.5. The molecule has 512 valence electrons. The Morgan fingerprint density at radius 3 is 0.703 bits per heavy atom. The monoisotopic (exact) mass is 1300 g/mol. The topological polar surface area (TPSA) is 421 Å². The number of carbonyl (C=O) groups is 12. The molecular formula is C61H104ClN17O12. The predicted octanol–water partition coefficient (Wildman–Crippen LogP) is -2.64. The maximum Gasteiger partial charge on any atom is 0.246 e. The molecule has 0 aliphatic rings. The molecule has 0 aromatic rings. The lowest BCUT2D eigenvalue weighted by Gasteiger charge is -2.23. The second-order valence-electron chi connectivity index (χ2n) is 18.2. The molecule has 0 saturated heterocycles. The van der Waals surface area contributed by atoms with E-state index in [1.807, 2.05) is 9.80 Å². The van der Waals surface area contributed by atoms with E-state index in [2.05, 4.69) is 108 Å². The number of hydrogen-bond donors (Lipinski definition) is 12. The third-order valence-electron chi connectivity index (χ3n) is 11.4. The standard InChI is InChI=1S/C23H36N6O5.C17H32N6O3.C13H19N3O3.C5H14N2.C3H3ClO/c1-5-19(30)24-10-15-28(16-11-25-20(31)6-2)14-9-22(33)27-13-18-29(23(34)8-4)17-12-26-21(32)7-3;1-3-15(24)20-8-13-23(17(26)4-2)14-9-21-16(25)5-10-22(11-6-18)12-7-19;1-4-11(17)14-7-9-16(13(19)6-3)10-8-15-12(18)5-2;6-4-2-1-3-5-7;1-2-3(4)5/h5-8H,1-4,9-18H2,(H,24,30)(H,25,31)(H,26,32)(H,27,33);3-4H,1-2,5-14,18-19H2,(H,20,24)(H,21,25);4-6H,1-3,7-10H2,(H,14,17)(H,15,18);1-7H2;2H,1H2. The van der Waals surface area contributed by atoms with Crippen LogP contribution in [0, 0.1) is 0 Å². The Hall–Kier alpha value is -8.71. The lowest BCUT2D eigenvalue weighted by Crippen LogP contribution is -2.43. The van der Waals surface area contributed by atoms with E-state index < -0.39 is 5.24 Å². The fourth-order valence-corrected chi connectivity index (χ4v) is 6.61. The van der Waals surface area contributed by atoms with Crippen molar-refractivity contribution in [3.63, 3.8) is 0 Å². The Balaban J connectivity index is -0.000000382. The Morgan fingerprint density at radius 2 is 0.505 bits per heavy atom. The first-order valence-electron chi connectivity index (χ1n) is 29.2. The second kappa shape index (κ2) is 65.7. The molecule has 91 heavy (non-hydrogen) atoms. The number of rotatable bonds is 48. The van der Waals surface area contributed by atoms with Crippen LogP contribution in [-0.2, 0) is 57.5 Å². The molecule has 29 nitrogen and oxygen atoms in total. The van der Waals surface area contributed by atoms with Gasteiger partial charge in [0.15, 0.2) is 0 Å². The van der Waals surface area contributed by atoms with E-state index >= 15 is 0 Å². The number of nitrogens with zero attached hydrogens (tertiary/aromatic N) is 5. The number of unbranched alkanes of at least 4 members (excludes halogenated alkanes) is 2. The number of carbonyl (C=O) groups excluding carboxylic acids is 12. The van der Waals surface area contributed by atoms with Crippen LogP contribution >= 0.6 is 11.6 Å². The molecule has 0 aliphatic heterocycles. The van der Waals surface area contributed by atoms with E-state index in [0.29, 0.717) is 124 Å². The molecule has 0 aromatic carbocycles. The highest BCUT2D eigenvalue weighted by atomic mass is 35.5. The van der Waals surface area contributed by atoms with Gasteiger partial charge in [0, 0.05) is 157 Å². The summed E-state index contributed by atoms with van der Waals surface area (Å²) >= 11 is 4.71. The zero-order valence-electron chi connectivity index (χ0n) is 53.2. The van der Waals surface area contributed by atoms with Crippen LogP contribution in [0.5, 0.6) is 0 Å². The third kappa shape index (κ3) is 61.3. The molecule has 0 atom stereocenters. The number of nitrogens with two attached hydrogens (primary N) is 4. The van der Waals surface area contributed by atoms with Crippen LogP contribution in [0.4, 0.5) is 0 Å². The van der Waals surface area contributed by atoms with Gasteiger partial charge in [-0.3, -0.25) is 62.4 Å². The molecule has 0 aliphatic carbocycles. The molecular weight excluding hydrogens is 1200 g/mol. The van der Waals surface area contributed by atoms with E-state index in [1.165, 1.54) is 57.6 Å². The van der Waals surface area contributed by atoms with Gasteiger partial charge in [-0.25, -0.2) is 0 Å². The Labute approximate surface area is 543 Å². The van der Waals surface area contributed by atoms with Gasteiger partial charge in [-0.15, -0.1) is 0 Å². The number of nitrogens with one attached hydrogen (secondary N) is 8. The zero-order valence-corrected chi connectivity index (χ0v) is 53.9. The lowest BCUT2D eigenvalue weighted by atomic mass is 10.2. The van der Waals surface area contributed by atoms with Crippen molar-refractivity contribution in [3.8, 4) is 0 Å². The average Bonchev–Trinajstić information content (AvgIpc) is 3.74. The first-order valence-corrected chi connectivity index (χ1v) is 29.6. The first-order chi connectivity index (χ1) is 43.5. The Kier molecular flexibility index (Phi) is 65.7. The van der Waals surface area contributed by atoms with E-state index in [4.69, 9.17) is 34.5 Å². The smallest absolute Gasteiger partial charge is 0.246 e. The normalized spacial score (nSPS) is 9.62. The fourth-order valence-electron chi connectivity index (χ4n) is 6.61. The number of halogens is 1. The lowest BCUT2D eigenvalue weighted by molar-refractivity contribution is -0.127. The van der Waals surface area contributed by atoms with Crippen LogP contribution in [0.25, 0.3) is 0 Å². The van der Waals surface area contributed by atoms with Gasteiger partial charge in [-0.05, 0) is 98.3 Å². The Morgan fingerprint density at radius 1 is 0.286 bits per heavy atom. The summed E-state index contributed by atoms with van der Waals surface area (Å²) in [4.78, 5) is 144. The zero-order chi connectivity index (χ0) is 70.0. The maximum atomic E-state index is 12.3. The fraction of sp³-hybridized carbons (Fsp3) is 0.475. The number of hydrogen-bond acceptors (Lipinski definition) is 18. The highest BCUT2D eigenvalue weighted by Crippen LogP contribution is 1.96. The molecule has 0 fully saturated rings. The SMILES string of the molecule is C=CC(=O)Cl.C=CC(=O)NCCN(CCNC(=O)C=C)C(=O)C=C.C=CC(=O)NCCN(CCNC(=O)C=C)CCC(=O)NCCN(CCNC(=O)C=C)C(=O)C=C.C=CC(=O)NCCN(CCNC(=O)CCN(CCN)CCN)C(=O)C=C.NCCCCCN. The number of amides is 11. The minimum Gasteiger partial charge on any atom is -0.354 e. The highest BCUT2D eigenvalue weighted by molar-refractivity contribution is 6.66. The van der Waals surface area contributed by atoms with Crippen molar-refractivity contribution in [1.29, 1.82) is 0 Å². The minimum absolute atomic E-state index is 0.102. The van der Waals surface area contributed by atoms with E-state index in [9.17, 15) is 57.5 Å². The van der Waals surface area contributed by atoms with E-state index in [1.54, 1.807) is 0 Å². The van der Waals surface area contributed by atoms with Gasteiger partial charge in [-0.1, -0.05) is 72.2 Å². The molecule has 0 spiro atoms. The van der Waals surface area contributed by atoms with Crippen LogP contribution in [0.2, 0.25) is 0 Å². The van der Waals surface area contributed by atoms with Crippen LogP contribution < -0.4 is 65.5 Å². The summed E-state index contributed by atoms with van der Waals surface area (Å²) in [6.45, 7) is 43.8. The van der Waals surface area contributed by atoms with Crippen molar-refractivity contribution in [2.24, 2.45) is 22.9 Å². The summed E-state index contributed by atoms with van der Waals surface area (Å²) in [5.74, 6) is -2.96. The molecule has 0 aromatic heterocycles. The van der Waals surface area contributed by atoms with Crippen molar-refractivity contribution in [2.45, 2.75) is 32.1 Å². The van der Waals surface area contributed by atoms with Gasteiger partial charge >= 0.3 is 0 Å². The molecule has 11 amide bonds. The maximum absolute atomic E-state index is 12.3. The van der Waals surface area contributed by atoms with Crippen molar-refractivity contribution >= 4 is 81.8 Å². The first kappa shape index (κ1) is 91.0. The van der Waals surface area contributed by atoms with E-state index in [0.717, 1.165) is 50.2 Å². The summed E-state index contributed by atoms with van der Waals surface area (Å²) in [6.07, 6.45) is 15.5. The molecule has 0 bridgehead atoms. The van der Waals surface area contributed by atoms with Crippen molar-refractivity contribution in [1.82, 2.24) is 67.0 Å². The summed E-state index contributed by atoms with van der Waals surface area (Å²) in [6, 6.07) is 0. The van der Waals surface area contributed by atoms with Gasteiger partial charge in [0.1, 0.15) is 0 Å². The van der Waals surface area contributed by atoms with Crippen LogP contribution in [0.3, 0.4) is 0 Å². The molecule has 0 unspecified atom stereocenters. The Bertz CT molecular complexity index is 2230. The minimum atomic E-state index is -0.509. The van der Waals surface area contributed by atoms with Gasteiger partial charge in [0.2, 0.25) is 70.2 Å². The van der Waals surface area contributed by atoms with E-state index in [-0.39, 0.29) is 97.6 Å². The van der Waals surface area contributed by atoms with Crippen molar-refractivity contribution in [3.05, 3.63) is 127 Å². The van der Waals surface area contributed by atoms with Crippen LogP contribution in [0.15, 0.2) is 127 Å².